The van der Waals surface area contributed by atoms with Crippen molar-refractivity contribution in [1.82, 2.24) is 14.4 Å². The second kappa shape index (κ2) is 9.72. The van der Waals surface area contributed by atoms with E-state index in [1.54, 1.807) is 43.3 Å². The molecule has 2 heterocycles. The summed E-state index contributed by atoms with van der Waals surface area (Å²) in [5.74, 6) is 1.15. The van der Waals surface area contributed by atoms with Crippen molar-refractivity contribution in [2.75, 3.05) is 18.4 Å². The van der Waals surface area contributed by atoms with Crippen LogP contribution in [0.3, 0.4) is 0 Å². The predicted molar refractivity (Wildman–Crippen MR) is 121 cm³/mol. The Bertz CT molecular complexity index is 1220. The van der Waals surface area contributed by atoms with Gasteiger partial charge in [0.1, 0.15) is 5.75 Å². The molecule has 0 radical (unpaired) electrons. The second-order valence-corrected chi connectivity index (χ2v) is 10.0. The van der Waals surface area contributed by atoms with Crippen LogP contribution in [0.25, 0.3) is 0 Å². The van der Waals surface area contributed by atoms with Crippen molar-refractivity contribution in [3.63, 3.8) is 0 Å². The summed E-state index contributed by atoms with van der Waals surface area (Å²) in [7, 11) is -3.55. The number of nitrogens with zero attached hydrogens (tertiary/aromatic N) is 3. The van der Waals surface area contributed by atoms with E-state index in [2.05, 4.69) is 22.4 Å². The minimum Gasteiger partial charge on any atom is -0.485 e. The number of hydrogen-bond donors (Lipinski definition) is 1. The van der Waals surface area contributed by atoms with Gasteiger partial charge in [0.2, 0.25) is 21.7 Å². The average molecular weight is 471 g/mol. The topological polar surface area (TPSA) is 115 Å². The first-order valence-electron chi connectivity index (χ1n) is 10.8. The van der Waals surface area contributed by atoms with Crippen LogP contribution >= 0.6 is 0 Å². The SMILES string of the molecule is Cc1nc(COc2ccccc2C(=O)Nc2ccc(S(=O)(=O)N3CCCC(C)C3)cc2)no1. The van der Waals surface area contributed by atoms with Crippen LogP contribution < -0.4 is 10.1 Å². The molecule has 1 N–H and O–H groups in total. The average Bonchev–Trinajstić information content (AvgIpc) is 3.23. The fourth-order valence-electron chi connectivity index (χ4n) is 3.74. The molecule has 1 unspecified atom stereocenters. The van der Waals surface area contributed by atoms with E-state index in [-0.39, 0.29) is 17.4 Å². The summed E-state index contributed by atoms with van der Waals surface area (Å²) in [5.41, 5.74) is 0.811. The van der Waals surface area contributed by atoms with E-state index in [0.29, 0.717) is 47.7 Å². The Balaban J connectivity index is 1.44. The lowest BCUT2D eigenvalue weighted by Gasteiger charge is -2.30. The van der Waals surface area contributed by atoms with Crippen LogP contribution in [0.1, 0.15) is 41.8 Å². The maximum absolute atomic E-state index is 12.9. The van der Waals surface area contributed by atoms with Gasteiger partial charge in [0.15, 0.2) is 6.61 Å². The number of rotatable bonds is 7. The molecule has 1 aliphatic rings. The third-order valence-corrected chi connectivity index (χ3v) is 7.31. The van der Waals surface area contributed by atoms with E-state index < -0.39 is 10.0 Å². The summed E-state index contributed by atoms with van der Waals surface area (Å²) in [6.45, 7) is 4.86. The molecule has 1 amide bonds. The van der Waals surface area contributed by atoms with E-state index in [1.807, 2.05) is 0 Å². The van der Waals surface area contributed by atoms with Crippen molar-refractivity contribution in [2.45, 2.75) is 38.2 Å². The zero-order valence-electron chi connectivity index (χ0n) is 18.5. The van der Waals surface area contributed by atoms with E-state index in [9.17, 15) is 13.2 Å². The van der Waals surface area contributed by atoms with Gasteiger partial charge in [-0.2, -0.15) is 9.29 Å². The fourth-order valence-corrected chi connectivity index (χ4v) is 5.34. The number of piperidine rings is 1. The molecule has 33 heavy (non-hydrogen) atoms. The monoisotopic (exact) mass is 470 g/mol. The molecule has 10 heteroatoms. The highest BCUT2D eigenvalue weighted by Crippen LogP contribution is 2.25. The smallest absolute Gasteiger partial charge is 0.259 e. The van der Waals surface area contributed by atoms with Crippen molar-refractivity contribution in [3.05, 3.63) is 65.8 Å². The molecule has 0 saturated carbocycles. The van der Waals surface area contributed by atoms with E-state index >= 15 is 0 Å². The number of aromatic nitrogens is 2. The van der Waals surface area contributed by atoms with Crippen LogP contribution in [0.2, 0.25) is 0 Å². The highest BCUT2D eigenvalue weighted by atomic mass is 32.2. The first-order chi connectivity index (χ1) is 15.8. The molecule has 0 aliphatic carbocycles. The Hall–Kier alpha value is -3.24. The molecule has 2 aromatic carbocycles. The molecule has 1 aliphatic heterocycles. The van der Waals surface area contributed by atoms with Crippen molar-refractivity contribution >= 4 is 21.6 Å². The molecule has 9 nitrogen and oxygen atoms in total. The van der Waals surface area contributed by atoms with Gasteiger partial charge in [-0.15, -0.1) is 0 Å². The number of anilines is 1. The lowest BCUT2D eigenvalue weighted by molar-refractivity contribution is 0.102. The van der Waals surface area contributed by atoms with E-state index in [1.165, 1.54) is 16.4 Å². The number of carbonyl (C=O) groups is 1. The number of amides is 1. The Morgan fingerprint density at radius 2 is 1.97 bits per heavy atom. The first-order valence-corrected chi connectivity index (χ1v) is 12.2. The number of aryl methyl sites for hydroxylation is 1. The van der Waals surface area contributed by atoms with Gasteiger partial charge < -0.3 is 14.6 Å². The lowest BCUT2D eigenvalue weighted by atomic mass is 10.0. The minimum atomic E-state index is -3.55. The number of nitrogens with one attached hydrogen (secondary N) is 1. The summed E-state index contributed by atoms with van der Waals surface area (Å²) in [6, 6.07) is 13.0. The fraction of sp³-hybridized carbons (Fsp3) is 0.348. The van der Waals surface area contributed by atoms with Crippen LogP contribution in [0, 0.1) is 12.8 Å². The molecule has 174 valence electrons. The third-order valence-electron chi connectivity index (χ3n) is 5.43. The van der Waals surface area contributed by atoms with E-state index in [4.69, 9.17) is 9.26 Å². The van der Waals surface area contributed by atoms with Gasteiger partial charge in [-0.3, -0.25) is 4.79 Å². The molecule has 1 aromatic heterocycles. The number of hydrogen-bond acceptors (Lipinski definition) is 7. The standard InChI is InChI=1S/C23H26N4O5S/c1-16-6-5-13-27(14-16)33(29,30)19-11-9-18(10-12-19)25-23(28)20-7-3-4-8-21(20)31-15-22-24-17(2)32-26-22/h3-4,7-12,16H,5-6,13-15H2,1-2H3,(H,25,28). The molecular weight excluding hydrogens is 444 g/mol. The minimum absolute atomic E-state index is 0.0588. The molecular formula is C23H26N4O5S. The first kappa shape index (κ1) is 22.9. The molecule has 0 bridgehead atoms. The van der Waals surface area contributed by atoms with Crippen LogP contribution in [-0.4, -0.2) is 41.9 Å². The highest BCUT2D eigenvalue weighted by molar-refractivity contribution is 7.89. The predicted octanol–water partition coefficient (Wildman–Crippen LogP) is 3.63. The Labute approximate surface area is 192 Å². The van der Waals surface area contributed by atoms with Crippen molar-refractivity contribution < 1.29 is 22.5 Å². The molecule has 3 aromatic rings. The van der Waals surface area contributed by atoms with Crippen LogP contribution in [0.5, 0.6) is 5.75 Å². The molecule has 1 atom stereocenters. The largest absolute Gasteiger partial charge is 0.485 e. The number of benzene rings is 2. The maximum Gasteiger partial charge on any atom is 0.259 e. The molecule has 1 fully saturated rings. The Kier molecular flexibility index (Phi) is 6.75. The van der Waals surface area contributed by atoms with Crippen LogP contribution in [0.4, 0.5) is 5.69 Å². The van der Waals surface area contributed by atoms with Gasteiger partial charge in [-0.25, -0.2) is 8.42 Å². The highest BCUT2D eigenvalue weighted by Gasteiger charge is 2.28. The summed E-state index contributed by atoms with van der Waals surface area (Å²) in [5, 5.41) is 6.56. The van der Waals surface area contributed by atoms with Gasteiger partial charge in [0.05, 0.1) is 10.5 Å². The second-order valence-electron chi connectivity index (χ2n) is 8.10. The van der Waals surface area contributed by atoms with Gasteiger partial charge in [-0.05, 0) is 55.2 Å². The van der Waals surface area contributed by atoms with Crippen molar-refractivity contribution in [2.24, 2.45) is 5.92 Å². The quantitative estimate of drug-likeness (QED) is 0.561. The number of para-hydroxylation sites is 1. The summed E-state index contributed by atoms with van der Waals surface area (Å²) < 4.78 is 38.0. The van der Waals surface area contributed by atoms with Crippen LogP contribution in [-0.2, 0) is 16.6 Å². The third kappa shape index (κ3) is 5.40. The molecule has 1 saturated heterocycles. The molecule has 4 rings (SSSR count). The lowest BCUT2D eigenvalue weighted by Crippen LogP contribution is -2.39. The van der Waals surface area contributed by atoms with E-state index in [0.717, 1.165) is 12.8 Å². The summed E-state index contributed by atoms with van der Waals surface area (Å²) in [6.07, 6.45) is 1.90. The zero-order valence-corrected chi connectivity index (χ0v) is 19.3. The normalized spacial score (nSPS) is 17.0. The van der Waals surface area contributed by atoms with Crippen molar-refractivity contribution in [1.29, 1.82) is 0 Å². The zero-order chi connectivity index (χ0) is 23.4. The number of sulfonamides is 1. The van der Waals surface area contributed by atoms with Crippen LogP contribution in [0.15, 0.2) is 57.9 Å². The van der Waals surface area contributed by atoms with Gasteiger partial charge in [0, 0.05) is 25.7 Å². The van der Waals surface area contributed by atoms with Gasteiger partial charge >= 0.3 is 0 Å². The molecule has 0 spiro atoms. The summed E-state index contributed by atoms with van der Waals surface area (Å²) >= 11 is 0. The van der Waals surface area contributed by atoms with Crippen molar-refractivity contribution in [3.8, 4) is 5.75 Å². The number of ether oxygens (including phenoxy) is 1. The van der Waals surface area contributed by atoms with Gasteiger partial charge in [0.25, 0.3) is 5.91 Å². The summed E-state index contributed by atoms with van der Waals surface area (Å²) in [4.78, 5) is 17.1. The number of carbonyl (C=O) groups excluding carboxylic acids is 1. The van der Waals surface area contributed by atoms with Gasteiger partial charge in [-0.1, -0.05) is 24.2 Å². The maximum atomic E-state index is 12.9. The Morgan fingerprint density at radius 3 is 2.67 bits per heavy atom. The Morgan fingerprint density at radius 1 is 1.21 bits per heavy atom.